The minimum atomic E-state index is -0.728. The van der Waals surface area contributed by atoms with Gasteiger partial charge in [-0.15, -0.1) is 0 Å². The van der Waals surface area contributed by atoms with E-state index in [9.17, 15) is 14.0 Å². The normalized spacial score (nSPS) is 11.8. The Morgan fingerprint density at radius 3 is 2.27 bits per heavy atom. The van der Waals surface area contributed by atoms with Crippen LogP contribution in [0.4, 0.5) is 10.1 Å². The molecular weight excluding hydrogens is 335 g/mol. The van der Waals surface area contributed by atoms with Crippen LogP contribution in [0.2, 0.25) is 0 Å². The lowest BCUT2D eigenvalue weighted by Crippen LogP contribution is -2.47. The van der Waals surface area contributed by atoms with E-state index in [2.05, 4.69) is 10.6 Å². The van der Waals surface area contributed by atoms with E-state index in [1.807, 2.05) is 13.8 Å². The van der Waals surface area contributed by atoms with Crippen molar-refractivity contribution in [3.05, 3.63) is 59.4 Å². The second-order valence-electron chi connectivity index (χ2n) is 6.37. The van der Waals surface area contributed by atoms with Gasteiger partial charge in [-0.3, -0.25) is 9.59 Å². The molecule has 0 spiro atoms. The van der Waals surface area contributed by atoms with Crippen molar-refractivity contribution < 1.29 is 18.7 Å². The topological polar surface area (TPSA) is 67.4 Å². The van der Waals surface area contributed by atoms with Gasteiger partial charge in [0.15, 0.2) is 0 Å². The van der Waals surface area contributed by atoms with E-state index < -0.39 is 6.04 Å². The number of anilines is 1. The van der Waals surface area contributed by atoms with Gasteiger partial charge in [0.05, 0.1) is 7.11 Å². The highest BCUT2D eigenvalue weighted by molar-refractivity contribution is 6.01. The van der Waals surface area contributed by atoms with E-state index in [4.69, 9.17) is 4.74 Å². The highest BCUT2D eigenvalue weighted by Gasteiger charge is 2.25. The Balaban J connectivity index is 2.11. The molecule has 26 heavy (non-hydrogen) atoms. The number of amides is 2. The smallest absolute Gasteiger partial charge is 0.251 e. The van der Waals surface area contributed by atoms with Crippen LogP contribution in [0.5, 0.6) is 5.75 Å². The van der Waals surface area contributed by atoms with Crippen molar-refractivity contribution in [3.63, 3.8) is 0 Å². The second kappa shape index (κ2) is 8.47. The van der Waals surface area contributed by atoms with E-state index in [-0.39, 0.29) is 23.5 Å². The van der Waals surface area contributed by atoms with Crippen molar-refractivity contribution in [2.75, 3.05) is 12.4 Å². The van der Waals surface area contributed by atoms with Crippen molar-refractivity contribution in [2.24, 2.45) is 5.92 Å². The van der Waals surface area contributed by atoms with Crippen LogP contribution < -0.4 is 15.4 Å². The summed E-state index contributed by atoms with van der Waals surface area (Å²) in [6.07, 6.45) is 0. The average molecular weight is 358 g/mol. The van der Waals surface area contributed by atoms with Crippen molar-refractivity contribution in [1.82, 2.24) is 5.32 Å². The molecule has 0 aliphatic carbocycles. The molecule has 0 aliphatic rings. The van der Waals surface area contributed by atoms with E-state index >= 15 is 0 Å². The number of aryl methyl sites for hydroxylation is 1. The number of halogens is 1. The molecule has 2 aromatic rings. The van der Waals surface area contributed by atoms with Crippen LogP contribution in [0.25, 0.3) is 0 Å². The summed E-state index contributed by atoms with van der Waals surface area (Å²) >= 11 is 0. The van der Waals surface area contributed by atoms with Crippen LogP contribution in [0.3, 0.4) is 0 Å². The third-order valence-electron chi connectivity index (χ3n) is 4.03. The van der Waals surface area contributed by atoms with Gasteiger partial charge in [-0.25, -0.2) is 4.39 Å². The first-order chi connectivity index (χ1) is 12.3. The molecular formula is C20H23FN2O3. The Bertz CT molecular complexity index is 788. The summed E-state index contributed by atoms with van der Waals surface area (Å²) in [5.41, 5.74) is 1.56. The summed E-state index contributed by atoms with van der Waals surface area (Å²) in [5.74, 6) is -0.549. The highest BCUT2D eigenvalue weighted by Crippen LogP contribution is 2.17. The van der Waals surface area contributed by atoms with E-state index in [0.717, 1.165) is 0 Å². The zero-order chi connectivity index (χ0) is 19.3. The van der Waals surface area contributed by atoms with Gasteiger partial charge in [0.1, 0.15) is 17.6 Å². The quantitative estimate of drug-likeness (QED) is 0.830. The number of nitrogens with one attached hydrogen (secondary N) is 2. The largest absolute Gasteiger partial charge is 0.497 e. The number of carbonyl (C=O) groups is 2. The first-order valence-electron chi connectivity index (χ1n) is 8.33. The first-order valence-corrected chi connectivity index (χ1v) is 8.33. The minimum absolute atomic E-state index is 0.127. The Morgan fingerprint density at radius 2 is 1.73 bits per heavy atom. The Labute approximate surface area is 152 Å². The number of benzene rings is 2. The molecule has 2 aromatic carbocycles. The third-order valence-corrected chi connectivity index (χ3v) is 4.03. The SMILES string of the molecule is COc1ccc(C(=O)N[C@H](C(=O)Nc2ccc(F)cc2C)C(C)C)cc1. The van der Waals surface area contributed by atoms with E-state index in [1.54, 1.807) is 38.3 Å². The molecule has 138 valence electrons. The molecule has 0 unspecified atom stereocenters. The summed E-state index contributed by atoms with van der Waals surface area (Å²) in [5, 5.41) is 5.51. The number of carbonyl (C=O) groups excluding carboxylic acids is 2. The maximum Gasteiger partial charge on any atom is 0.251 e. The van der Waals surface area contributed by atoms with Crippen LogP contribution in [-0.2, 0) is 4.79 Å². The lowest BCUT2D eigenvalue weighted by atomic mass is 10.0. The van der Waals surface area contributed by atoms with Crippen LogP contribution in [-0.4, -0.2) is 25.0 Å². The maximum absolute atomic E-state index is 13.2. The molecule has 0 aromatic heterocycles. The van der Waals surface area contributed by atoms with Gasteiger partial charge in [-0.05, 0) is 60.9 Å². The molecule has 0 saturated carbocycles. The number of rotatable bonds is 6. The Morgan fingerprint density at radius 1 is 1.08 bits per heavy atom. The minimum Gasteiger partial charge on any atom is -0.497 e. The van der Waals surface area contributed by atoms with Gasteiger partial charge < -0.3 is 15.4 Å². The third kappa shape index (κ3) is 4.81. The van der Waals surface area contributed by atoms with Crippen molar-refractivity contribution >= 4 is 17.5 Å². The maximum atomic E-state index is 13.2. The lowest BCUT2D eigenvalue weighted by molar-refractivity contribution is -0.118. The Kier molecular flexibility index (Phi) is 6.33. The van der Waals surface area contributed by atoms with Gasteiger partial charge in [-0.1, -0.05) is 13.8 Å². The standard InChI is InChI=1S/C20H23FN2O3/c1-12(2)18(20(25)22-17-10-7-15(21)11-13(17)3)23-19(24)14-5-8-16(26-4)9-6-14/h5-12,18H,1-4H3,(H,22,25)(H,23,24)/t18-/m0/s1. The summed E-state index contributed by atoms with van der Waals surface area (Å²) in [6.45, 7) is 5.39. The van der Waals surface area contributed by atoms with Gasteiger partial charge in [0.25, 0.3) is 5.91 Å². The zero-order valence-electron chi connectivity index (χ0n) is 15.3. The summed E-state index contributed by atoms with van der Waals surface area (Å²) in [6, 6.07) is 10.0. The van der Waals surface area contributed by atoms with Gasteiger partial charge in [0.2, 0.25) is 5.91 Å². The zero-order valence-corrected chi connectivity index (χ0v) is 15.3. The fraction of sp³-hybridized carbons (Fsp3) is 0.300. The first kappa shape index (κ1) is 19.4. The second-order valence-corrected chi connectivity index (χ2v) is 6.37. The molecule has 2 N–H and O–H groups in total. The summed E-state index contributed by atoms with van der Waals surface area (Å²) in [7, 11) is 1.55. The van der Waals surface area contributed by atoms with Crippen molar-refractivity contribution in [2.45, 2.75) is 26.8 Å². The van der Waals surface area contributed by atoms with Gasteiger partial charge in [0, 0.05) is 11.3 Å². The molecule has 0 fully saturated rings. The summed E-state index contributed by atoms with van der Waals surface area (Å²) < 4.78 is 18.3. The van der Waals surface area contributed by atoms with Crippen LogP contribution in [0.1, 0.15) is 29.8 Å². The van der Waals surface area contributed by atoms with Crippen LogP contribution >= 0.6 is 0 Å². The molecule has 0 radical (unpaired) electrons. The van der Waals surface area contributed by atoms with Crippen molar-refractivity contribution in [3.8, 4) is 5.75 Å². The van der Waals surface area contributed by atoms with Crippen LogP contribution in [0, 0.1) is 18.7 Å². The van der Waals surface area contributed by atoms with Gasteiger partial charge >= 0.3 is 0 Å². The number of ether oxygens (including phenoxy) is 1. The predicted octanol–water partition coefficient (Wildman–Crippen LogP) is 3.54. The average Bonchev–Trinajstić information content (AvgIpc) is 2.61. The summed E-state index contributed by atoms with van der Waals surface area (Å²) in [4.78, 5) is 25.1. The molecule has 0 aliphatic heterocycles. The highest BCUT2D eigenvalue weighted by atomic mass is 19.1. The predicted molar refractivity (Wildman–Crippen MR) is 98.9 cm³/mol. The molecule has 0 saturated heterocycles. The Hall–Kier alpha value is -2.89. The fourth-order valence-electron chi connectivity index (χ4n) is 2.48. The molecule has 2 rings (SSSR count). The fourth-order valence-corrected chi connectivity index (χ4v) is 2.48. The van der Waals surface area contributed by atoms with E-state index in [0.29, 0.717) is 22.6 Å². The molecule has 5 nitrogen and oxygen atoms in total. The number of methoxy groups -OCH3 is 1. The van der Waals surface area contributed by atoms with Crippen LogP contribution in [0.15, 0.2) is 42.5 Å². The number of hydrogen-bond acceptors (Lipinski definition) is 3. The number of hydrogen-bond donors (Lipinski definition) is 2. The molecule has 0 heterocycles. The molecule has 1 atom stereocenters. The molecule has 0 bridgehead atoms. The van der Waals surface area contributed by atoms with E-state index in [1.165, 1.54) is 18.2 Å². The molecule has 6 heteroatoms. The van der Waals surface area contributed by atoms with Crippen molar-refractivity contribution in [1.29, 1.82) is 0 Å². The lowest BCUT2D eigenvalue weighted by Gasteiger charge is -2.22. The monoisotopic (exact) mass is 358 g/mol. The van der Waals surface area contributed by atoms with Gasteiger partial charge in [-0.2, -0.15) is 0 Å². The molecule has 2 amide bonds.